The summed E-state index contributed by atoms with van der Waals surface area (Å²) in [6, 6.07) is 0.655. The van der Waals surface area contributed by atoms with E-state index in [0.29, 0.717) is 6.04 Å². The van der Waals surface area contributed by atoms with Crippen LogP contribution in [0.5, 0.6) is 0 Å². The highest BCUT2D eigenvalue weighted by molar-refractivity contribution is 7.09. The Morgan fingerprint density at radius 1 is 1.50 bits per heavy atom. The number of likely N-dealkylation sites (N-methyl/N-ethyl adjacent to an activating group) is 1. The Morgan fingerprint density at radius 2 is 2.38 bits per heavy atom. The van der Waals surface area contributed by atoms with Gasteiger partial charge in [-0.1, -0.05) is 13.3 Å². The third kappa shape index (κ3) is 2.92. The van der Waals surface area contributed by atoms with Crippen molar-refractivity contribution >= 4 is 16.7 Å². The van der Waals surface area contributed by atoms with E-state index in [0.717, 1.165) is 23.9 Å². The Labute approximate surface area is 101 Å². The number of hydrogen-bond donors (Lipinski definition) is 1. The summed E-state index contributed by atoms with van der Waals surface area (Å²) in [5.74, 6) is 0.949. The molecule has 1 fully saturated rings. The van der Waals surface area contributed by atoms with E-state index >= 15 is 0 Å². The first-order chi connectivity index (χ1) is 7.79. The Kier molecular flexibility index (Phi) is 4.12. The summed E-state index contributed by atoms with van der Waals surface area (Å²) < 4.78 is 4.27. The number of hydrogen-bond acceptors (Lipinski definition) is 5. The normalized spacial score (nSPS) is 22.2. The van der Waals surface area contributed by atoms with Crippen LogP contribution in [-0.4, -0.2) is 40.4 Å². The minimum Gasteiger partial charge on any atom is -0.359 e. The summed E-state index contributed by atoms with van der Waals surface area (Å²) in [5, 5.41) is 4.37. The Bertz CT molecular complexity index is 326. The van der Waals surface area contributed by atoms with Crippen molar-refractivity contribution < 1.29 is 0 Å². The largest absolute Gasteiger partial charge is 0.359 e. The number of nitrogens with one attached hydrogen (secondary N) is 1. The second-order valence-electron chi connectivity index (χ2n) is 4.38. The third-order valence-corrected chi connectivity index (χ3v) is 3.91. The van der Waals surface area contributed by atoms with Gasteiger partial charge in [-0.2, -0.15) is 4.37 Å². The zero-order valence-electron chi connectivity index (χ0n) is 10.1. The van der Waals surface area contributed by atoms with Crippen LogP contribution in [0.2, 0.25) is 0 Å². The summed E-state index contributed by atoms with van der Waals surface area (Å²) in [4.78, 5) is 6.86. The molecule has 4 nitrogen and oxygen atoms in total. The van der Waals surface area contributed by atoms with Crippen molar-refractivity contribution in [3.8, 4) is 0 Å². The lowest BCUT2D eigenvalue weighted by Gasteiger charge is -2.32. The fourth-order valence-electron chi connectivity index (χ4n) is 2.08. The first-order valence-electron chi connectivity index (χ1n) is 6.06. The van der Waals surface area contributed by atoms with E-state index in [-0.39, 0.29) is 0 Å². The molecule has 2 heterocycles. The van der Waals surface area contributed by atoms with Gasteiger partial charge in [-0.05, 0) is 26.4 Å². The molecule has 0 amide bonds. The highest BCUT2D eigenvalue weighted by Gasteiger charge is 2.18. The Hall–Kier alpha value is -0.680. The van der Waals surface area contributed by atoms with Crippen LogP contribution < -0.4 is 5.32 Å². The molecule has 5 heteroatoms. The number of aryl methyl sites for hydroxylation is 1. The zero-order chi connectivity index (χ0) is 11.4. The number of likely N-dealkylation sites (tertiary alicyclic amines) is 1. The van der Waals surface area contributed by atoms with Crippen LogP contribution in [0.3, 0.4) is 0 Å². The van der Waals surface area contributed by atoms with Crippen LogP contribution in [0.25, 0.3) is 0 Å². The van der Waals surface area contributed by atoms with Crippen molar-refractivity contribution in [3.05, 3.63) is 5.82 Å². The average molecular weight is 240 g/mol. The maximum Gasteiger partial charge on any atom is 0.202 e. The van der Waals surface area contributed by atoms with Crippen molar-refractivity contribution in [3.63, 3.8) is 0 Å². The van der Waals surface area contributed by atoms with Crippen molar-refractivity contribution in [2.75, 3.05) is 25.5 Å². The van der Waals surface area contributed by atoms with E-state index in [4.69, 9.17) is 0 Å². The van der Waals surface area contributed by atoms with Crippen molar-refractivity contribution in [1.29, 1.82) is 0 Å². The van der Waals surface area contributed by atoms with Gasteiger partial charge in [-0.25, -0.2) is 4.98 Å². The summed E-state index contributed by atoms with van der Waals surface area (Å²) >= 11 is 1.47. The summed E-state index contributed by atoms with van der Waals surface area (Å²) in [6.07, 6.45) is 4.91. The Morgan fingerprint density at radius 3 is 3.06 bits per heavy atom. The van der Waals surface area contributed by atoms with Gasteiger partial charge in [0.1, 0.15) is 5.82 Å². The molecule has 1 saturated heterocycles. The molecule has 1 aliphatic rings. The maximum absolute atomic E-state index is 4.42. The predicted molar refractivity (Wildman–Crippen MR) is 68.0 cm³/mol. The van der Waals surface area contributed by atoms with Gasteiger partial charge in [0, 0.05) is 30.5 Å². The van der Waals surface area contributed by atoms with Crippen LogP contribution in [0.15, 0.2) is 0 Å². The minimum atomic E-state index is 0.655. The van der Waals surface area contributed by atoms with E-state index < -0.39 is 0 Å². The molecule has 1 unspecified atom stereocenters. The van der Waals surface area contributed by atoms with Gasteiger partial charge in [0.05, 0.1) is 0 Å². The lowest BCUT2D eigenvalue weighted by molar-refractivity contribution is 0.194. The van der Waals surface area contributed by atoms with Crippen molar-refractivity contribution in [2.24, 2.45) is 0 Å². The summed E-state index contributed by atoms with van der Waals surface area (Å²) in [5.41, 5.74) is 0. The fourth-order valence-corrected chi connectivity index (χ4v) is 2.73. The van der Waals surface area contributed by atoms with Gasteiger partial charge in [0.2, 0.25) is 5.13 Å². The standard InChI is InChI=1S/C11H20N4S/c1-3-10-13-11(16-14-10)12-8-9-6-4-5-7-15(9)2/h9H,3-8H2,1-2H3,(H,12,13,14). The molecule has 16 heavy (non-hydrogen) atoms. The molecule has 90 valence electrons. The van der Waals surface area contributed by atoms with E-state index in [1.54, 1.807) is 0 Å². The van der Waals surface area contributed by atoms with Crippen LogP contribution in [0.1, 0.15) is 32.0 Å². The number of aromatic nitrogens is 2. The van der Waals surface area contributed by atoms with E-state index in [1.807, 2.05) is 0 Å². The minimum absolute atomic E-state index is 0.655. The average Bonchev–Trinajstić information content (AvgIpc) is 2.76. The second-order valence-corrected chi connectivity index (χ2v) is 5.13. The molecular weight excluding hydrogens is 220 g/mol. The predicted octanol–water partition coefficient (Wildman–Crippen LogP) is 2.00. The zero-order valence-corrected chi connectivity index (χ0v) is 10.9. The molecule has 1 N–H and O–H groups in total. The molecule has 1 aromatic rings. The van der Waals surface area contributed by atoms with Crippen LogP contribution >= 0.6 is 11.5 Å². The van der Waals surface area contributed by atoms with Gasteiger partial charge < -0.3 is 10.2 Å². The number of anilines is 1. The molecule has 1 aliphatic heterocycles. The van der Waals surface area contributed by atoms with Gasteiger partial charge in [-0.3, -0.25) is 0 Å². The highest BCUT2D eigenvalue weighted by atomic mass is 32.1. The van der Waals surface area contributed by atoms with E-state index in [2.05, 4.69) is 33.5 Å². The SMILES string of the molecule is CCc1nsc(NCC2CCCCN2C)n1. The lowest BCUT2D eigenvalue weighted by atomic mass is 10.0. The molecule has 0 bridgehead atoms. The molecule has 1 atom stereocenters. The van der Waals surface area contributed by atoms with Crippen LogP contribution in [-0.2, 0) is 6.42 Å². The number of nitrogens with zero attached hydrogens (tertiary/aromatic N) is 3. The number of rotatable bonds is 4. The topological polar surface area (TPSA) is 41.1 Å². The van der Waals surface area contributed by atoms with E-state index in [1.165, 1.54) is 37.3 Å². The van der Waals surface area contributed by atoms with Crippen molar-refractivity contribution in [1.82, 2.24) is 14.3 Å². The van der Waals surface area contributed by atoms with Gasteiger partial charge in [0.25, 0.3) is 0 Å². The molecule has 0 aliphatic carbocycles. The molecule has 0 radical (unpaired) electrons. The first kappa shape index (κ1) is 11.8. The molecular formula is C11H20N4S. The maximum atomic E-state index is 4.42. The smallest absolute Gasteiger partial charge is 0.202 e. The summed E-state index contributed by atoms with van der Waals surface area (Å²) in [7, 11) is 2.21. The molecule has 2 rings (SSSR count). The quantitative estimate of drug-likeness (QED) is 0.874. The molecule has 0 aromatic carbocycles. The molecule has 1 aromatic heterocycles. The van der Waals surface area contributed by atoms with Gasteiger partial charge in [0.15, 0.2) is 0 Å². The third-order valence-electron chi connectivity index (χ3n) is 3.19. The van der Waals surface area contributed by atoms with Crippen LogP contribution in [0, 0.1) is 0 Å². The van der Waals surface area contributed by atoms with Gasteiger partial charge >= 0.3 is 0 Å². The highest BCUT2D eigenvalue weighted by Crippen LogP contribution is 2.17. The molecule has 0 saturated carbocycles. The monoisotopic (exact) mass is 240 g/mol. The second kappa shape index (κ2) is 5.59. The van der Waals surface area contributed by atoms with E-state index in [9.17, 15) is 0 Å². The molecule has 0 spiro atoms. The fraction of sp³-hybridized carbons (Fsp3) is 0.818. The van der Waals surface area contributed by atoms with Crippen molar-refractivity contribution in [2.45, 2.75) is 38.6 Å². The lowest BCUT2D eigenvalue weighted by Crippen LogP contribution is -2.40. The summed E-state index contributed by atoms with van der Waals surface area (Å²) in [6.45, 7) is 4.30. The van der Waals surface area contributed by atoms with Crippen LogP contribution in [0.4, 0.5) is 5.13 Å². The first-order valence-corrected chi connectivity index (χ1v) is 6.83. The number of piperidine rings is 1. The Balaban J connectivity index is 1.81. The van der Waals surface area contributed by atoms with Gasteiger partial charge in [-0.15, -0.1) is 0 Å².